The van der Waals surface area contributed by atoms with Crippen LogP contribution in [0, 0.1) is 0 Å². The highest BCUT2D eigenvalue weighted by molar-refractivity contribution is 5.67. The zero-order valence-corrected chi connectivity index (χ0v) is 11.4. The van der Waals surface area contributed by atoms with E-state index in [1.54, 1.807) is 0 Å². The molecule has 1 unspecified atom stereocenters. The molecule has 1 aliphatic rings. The second kappa shape index (κ2) is 6.50. The van der Waals surface area contributed by atoms with Gasteiger partial charge in [0.2, 0.25) is 0 Å². The minimum absolute atomic E-state index is 0.554. The van der Waals surface area contributed by atoms with Gasteiger partial charge in [-0.1, -0.05) is 13.8 Å². The first kappa shape index (κ1) is 13.8. The first-order chi connectivity index (χ1) is 8.24. The number of nitrogens with one attached hydrogen (secondary N) is 2. The average molecular weight is 235 g/mol. The third kappa shape index (κ3) is 3.13. The van der Waals surface area contributed by atoms with Crippen LogP contribution in [-0.2, 0) is 12.8 Å². The minimum atomic E-state index is 0.554. The lowest BCUT2D eigenvalue weighted by molar-refractivity contribution is 0.839. The quantitative estimate of drug-likeness (QED) is 0.755. The SMILES string of the molecule is CC.CNc1cc2c(cc1CCN)NC(C)C2. The maximum atomic E-state index is 5.61. The molecule has 2 rings (SSSR count). The molecule has 0 saturated carbocycles. The Balaban J connectivity index is 0.000000686. The van der Waals surface area contributed by atoms with Gasteiger partial charge in [-0.05, 0) is 49.6 Å². The van der Waals surface area contributed by atoms with E-state index in [2.05, 4.69) is 29.7 Å². The van der Waals surface area contributed by atoms with E-state index in [9.17, 15) is 0 Å². The fourth-order valence-corrected chi connectivity index (χ4v) is 2.23. The molecule has 1 aromatic rings. The summed E-state index contributed by atoms with van der Waals surface area (Å²) in [7, 11) is 1.97. The minimum Gasteiger partial charge on any atom is -0.388 e. The largest absolute Gasteiger partial charge is 0.388 e. The lowest BCUT2D eigenvalue weighted by Crippen LogP contribution is -2.08. The number of fused-ring (bicyclic) bond motifs is 1. The molecule has 0 bridgehead atoms. The normalized spacial score (nSPS) is 16.6. The summed E-state index contributed by atoms with van der Waals surface area (Å²) < 4.78 is 0. The van der Waals surface area contributed by atoms with Crippen molar-refractivity contribution in [1.82, 2.24) is 0 Å². The van der Waals surface area contributed by atoms with Gasteiger partial charge in [-0.25, -0.2) is 0 Å². The average Bonchev–Trinajstić information content (AvgIpc) is 2.70. The van der Waals surface area contributed by atoms with Gasteiger partial charge < -0.3 is 16.4 Å². The van der Waals surface area contributed by atoms with Crippen molar-refractivity contribution in [3.8, 4) is 0 Å². The van der Waals surface area contributed by atoms with Gasteiger partial charge in [-0.3, -0.25) is 0 Å². The monoisotopic (exact) mass is 235 g/mol. The lowest BCUT2D eigenvalue weighted by Gasteiger charge is -2.11. The van der Waals surface area contributed by atoms with Gasteiger partial charge in [0.1, 0.15) is 0 Å². The van der Waals surface area contributed by atoms with Crippen LogP contribution in [0.15, 0.2) is 12.1 Å². The van der Waals surface area contributed by atoms with E-state index < -0.39 is 0 Å². The van der Waals surface area contributed by atoms with E-state index >= 15 is 0 Å². The molecule has 0 saturated heterocycles. The molecular formula is C14H25N3. The Morgan fingerprint density at radius 2 is 2.12 bits per heavy atom. The second-order valence-electron chi connectivity index (χ2n) is 4.20. The highest BCUT2D eigenvalue weighted by atomic mass is 14.9. The molecule has 0 spiro atoms. The van der Waals surface area contributed by atoms with Gasteiger partial charge in [0.15, 0.2) is 0 Å². The van der Waals surface area contributed by atoms with Crippen molar-refractivity contribution >= 4 is 11.4 Å². The molecule has 0 aliphatic carbocycles. The summed E-state index contributed by atoms with van der Waals surface area (Å²) in [5.74, 6) is 0. The molecule has 0 fully saturated rings. The third-order valence-corrected chi connectivity index (χ3v) is 2.94. The summed E-state index contributed by atoms with van der Waals surface area (Å²) in [6.07, 6.45) is 2.05. The number of rotatable bonds is 3. The maximum Gasteiger partial charge on any atom is 0.0379 e. The van der Waals surface area contributed by atoms with Gasteiger partial charge in [0.05, 0.1) is 0 Å². The summed E-state index contributed by atoms with van der Waals surface area (Å²) in [6.45, 7) is 6.91. The van der Waals surface area contributed by atoms with Crippen molar-refractivity contribution in [3.63, 3.8) is 0 Å². The van der Waals surface area contributed by atoms with Crippen LogP contribution >= 0.6 is 0 Å². The topological polar surface area (TPSA) is 50.1 Å². The van der Waals surface area contributed by atoms with Gasteiger partial charge in [-0.2, -0.15) is 0 Å². The van der Waals surface area contributed by atoms with Crippen molar-refractivity contribution in [2.75, 3.05) is 24.2 Å². The third-order valence-electron chi connectivity index (χ3n) is 2.94. The molecule has 1 atom stereocenters. The molecule has 1 heterocycles. The number of benzene rings is 1. The number of hydrogen-bond acceptors (Lipinski definition) is 3. The Labute approximate surface area is 105 Å². The predicted molar refractivity (Wildman–Crippen MR) is 76.9 cm³/mol. The van der Waals surface area contributed by atoms with Crippen LogP contribution in [0.25, 0.3) is 0 Å². The molecule has 0 radical (unpaired) electrons. The molecule has 17 heavy (non-hydrogen) atoms. The Bertz CT molecular complexity index is 361. The maximum absolute atomic E-state index is 5.61. The summed E-state index contributed by atoms with van der Waals surface area (Å²) in [6, 6.07) is 5.03. The highest BCUT2D eigenvalue weighted by Crippen LogP contribution is 2.31. The molecule has 3 nitrogen and oxygen atoms in total. The Morgan fingerprint density at radius 3 is 2.71 bits per heavy atom. The van der Waals surface area contributed by atoms with Crippen LogP contribution in [0.3, 0.4) is 0 Å². The molecule has 4 N–H and O–H groups in total. The fourth-order valence-electron chi connectivity index (χ4n) is 2.23. The van der Waals surface area contributed by atoms with E-state index in [1.807, 2.05) is 20.9 Å². The van der Waals surface area contributed by atoms with Crippen molar-refractivity contribution < 1.29 is 0 Å². The lowest BCUT2D eigenvalue weighted by atomic mass is 10.0. The van der Waals surface area contributed by atoms with E-state index in [-0.39, 0.29) is 0 Å². The van der Waals surface area contributed by atoms with E-state index in [0.717, 1.165) is 12.8 Å². The van der Waals surface area contributed by atoms with Gasteiger partial charge in [-0.15, -0.1) is 0 Å². The van der Waals surface area contributed by atoms with Crippen LogP contribution in [0.1, 0.15) is 31.9 Å². The van der Waals surface area contributed by atoms with Crippen molar-refractivity contribution in [2.45, 2.75) is 39.7 Å². The van der Waals surface area contributed by atoms with Crippen LogP contribution in [-0.4, -0.2) is 19.6 Å². The van der Waals surface area contributed by atoms with Crippen LogP contribution in [0.2, 0.25) is 0 Å². The van der Waals surface area contributed by atoms with Crippen LogP contribution < -0.4 is 16.4 Å². The van der Waals surface area contributed by atoms with E-state index in [0.29, 0.717) is 12.6 Å². The summed E-state index contributed by atoms with van der Waals surface area (Å²) in [5, 5.41) is 6.72. The predicted octanol–water partition coefficient (Wildman–Crippen LogP) is 2.61. The fraction of sp³-hybridized carbons (Fsp3) is 0.571. The second-order valence-corrected chi connectivity index (χ2v) is 4.20. The standard InChI is InChI=1S/C12H19N3.C2H6/c1-8-5-10-7-11(14-2)9(3-4-13)6-12(10)15-8;1-2/h6-8,14-15H,3-5,13H2,1-2H3;1-2H3. The molecule has 1 aliphatic heterocycles. The zero-order valence-electron chi connectivity index (χ0n) is 11.4. The molecule has 3 heteroatoms. The summed E-state index contributed by atoms with van der Waals surface area (Å²) >= 11 is 0. The van der Waals surface area contributed by atoms with Crippen LogP contribution in [0.4, 0.5) is 11.4 Å². The summed E-state index contributed by atoms with van der Waals surface area (Å²) in [4.78, 5) is 0. The molecule has 0 aromatic heterocycles. The molecular weight excluding hydrogens is 210 g/mol. The van der Waals surface area contributed by atoms with Gasteiger partial charge >= 0.3 is 0 Å². The van der Waals surface area contributed by atoms with Gasteiger partial charge in [0, 0.05) is 24.5 Å². The van der Waals surface area contributed by atoms with Crippen LogP contribution in [0.5, 0.6) is 0 Å². The number of hydrogen-bond donors (Lipinski definition) is 3. The Morgan fingerprint density at radius 1 is 1.41 bits per heavy atom. The van der Waals surface area contributed by atoms with E-state index in [4.69, 9.17) is 5.73 Å². The van der Waals surface area contributed by atoms with Crippen molar-refractivity contribution in [1.29, 1.82) is 0 Å². The first-order valence-corrected chi connectivity index (χ1v) is 6.54. The first-order valence-electron chi connectivity index (χ1n) is 6.54. The molecule has 96 valence electrons. The van der Waals surface area contributed by atoms with Gasteiger partial charge in [0.25, 0.3) is 0 Å². The smallest absolute Gasteiger partial charge is 0.0379 e. The van der Waals surface area contributed by atoms with Crippen molar-refractivity contribution in [3.05, 3.63) is 23.3 Å². The Kier molecular flexibility index (Phi) is 5.29. The number of nitrogens with two attached hydrogens (primary N) is 1. The Hall–Kier alpha value is -1.22. The molecule has 0 amide bonds. The number of anilines is 2. The molecule has 1 aromatic carbocycles. The van der Waals surface area contributed by atoms with Crippen molar-refractivity contribution in [2.24, 2.45) is 5.73 Å². The summed E-state index contributed by atoms with van der Waals surface area (Å²) in [5.41, 5.74) is 10.8. The van der Waals surface area contributed by atoms with E-state index in [1.165, 1.54) is 22.5 Å². The highest BCUT2D eigenvalue weighted by Gasteiger charge is 2.18. The zero-order chi connectivity index (χ0) is 12.8.